The molecule has 2 fully saturated rings. The summed E-state index contributed by atoms with van der Waals surface area (Å²) in [4.78, 5) is 52.5. The minimum Gasteiger partial charge on any atom is -0.359 e. The van der Waals surface area contributed by atoms with Gasteiger partial charge in [0.1, 0.15) is 4.60 Å². The van der Waals surface area contributed by atoms with Gasteiger partial charge in [0.05, 0.1) is 36.2 Å². The first-order valence-electron chi connectivity index (χ1n) is 13.1. The summed E-state index contributed by atoms with van der Waals surface area (Å²) >= 11 is 3.54. The van der Waals surface area contributed by atoms with Gasteiger partial charge in [-0.3, -0.25) is 29.6 Å². The van der Waals surface area contributed by atoms with E-state index in [0.717, 1.165) is 29.2 Å². The lowest BCUT2D eigenvalue weighted by Crippen LogP contribution is -2.51. The lowest BCUT2D eigenvalue weighted by Gasteiger charge is -2.26. The van der Waals surface area contributed by atoms with Crippen LogP contribution in [0.4, 0.5) is 5.95 Å². The molecule has 1 saturated carbocycles. The molecule has 4 heterocycles. The Morgan fingerprint density at radius 2 is 2.02 bits per heavy atom. The van der Waals surface area contributed by atoms with Crippen molar-refractivity contribution in [3.05, 3.63) is 46.8 Å². The molecule has 3 aromatic heterocycles. The maximum Gasteiger partial charge on any atom is 0.243 e. The Morgan fingerprint density at radius 3 is 2.80 bits per heavy atom. The third-order valence-electron chi connectivity index (χ3n) is 7.73. The zero-order valence-corrected chi connectivity index (χ0v) is 23.7. The van der Waals surface area contributed by atoms with Gasteiger partial charge in [-0.15, -0.1) is 0 Å². The van der Waals surface area contributed by atoms with Crippen molar-refractivity contribution in [1.82, 2.24) is 40.3 Å². The summed E-state index contributed by atoms with van der Waals surface area (Å²) in [6.45, 7) is 2.32. The van der Waals surface area contributed by atoms with Crippen molar-refractivity contribution < 1.29 is 14.4 Å². The summed E-state index contributed by atoms with van der Waals surface area (Å²) in [5.41, 5.74) is 2.30. The van der Waals surface area contributed by atoms with E-state index in [-0.39, 0.29) is 43.4 Å². The number of piperazine rings is 1. The highest BCUT2D eigenvalue weighted by Gasteiger charge is 2.41. The second kappa shape index (κ2) is 10.2. The van der Waals surface area contributed by atoms with E-state index in [1.807, 2.05) is 31.2 Å². The topological polar surface area (TPSA) is 147 Å². The molecule has 0 bridgehead atoms. The van der Waals surface area contributed by atoms with Crippen LogP contribution >= 0.6 is 15.9 Å². The lowest BCUT2D eigenvalue weighted by atomic mass is 9.87. The fourth-order valence-electron chi connectivity index (χ4n) is 5.62. The highest BCUT2D eigenvalue weighted by molar-refractivity contribution is 9.10. The maximum absolute atomic E-state index is 12.5. The van der Waals surface area contributed by atoms with Crippen LogP contribution in [-0.2, 0) is 20.9 Å². The van der Waals surface area contributed by atoms with Crippen LogP contribution in [0.15, 0.2) is 41.3 Å². The molecule has 2 atom stereocenters. The molecule has 4 aromatic rings. The molecule has 6 rings (SSSR count). The molecule has 3 N–H and O–H groups in total. The summed E-state index contributed by atoms with van der Waals surface area (Å²) in [6, 6.07) is 7.67. The summed E-state index contributed by atoms with van der Waals surface area (Å²) in [5.74, 6) is -0.0604. The molecule has 1 saturated heterocycles. The number of benzene rings is 1. The van der Waals surface area contributed by atoms with E-state index in [1.54, 1.807) is 24.1 Å². The molecule has 2 aliphatic rings. The van der Waals surface area contributed by atoms with Gasteiger partial charge in [-0.05, 0) is 53.4 Å². The predicted molar refractivity (Wildman–Crippen MR) is 152 cm³/mol. The number of pyridine rings is 1. The van der Waals surface area contributed by atoms with Crippen LogP contribution in [-0.4, -0.2) is 73.5 Å². The molecular formula is C27H28BrN9O3. The van der Waals surface area contributed by atoms with Crippen LogP contribution in [0.5, 0.6) is 0 Å². The van der Waals surface area contributed by atoms with E-state index < -0.39 is 5.41 Å². The van der Waals surface area contributed by atoms with Gasteiger partial charge in [0.2, 0.25) is 23.7 Å². The molecule has 13 heteroatoms. The molecule has 0 unspecified atom stereocenters. The van der Waals surface area contributed by atoms with Gasteiger partial charge >= 0.3 is 0 Å². The SMILES string of the molecule is CNC(=O)[C@]1(C)CC[C@@H](Nc2ncc3c(Br)nn(-c4cc(CN5C(=O)CNCC5=O)c5ncccc5c4)c3n2)C1. The number of aromatic nitrogens is 5. The summed E-state index contributed by atoms with van der Waals surface area (Å²) in [5, 5.41) is 15.3. The second-order valence-electron chi connectivity index (χ2n) is 10.5. The smallest absolute Gasteiger partial charge is 0.243 e. The van der Waals surface area contributed by atoms with Gasteiger partial charge in [-0.2, -0.15) is 10.1 Å². The number of imide groups is 1. The van der Waals surface area contributed by atoms with E-state index in [1.165, 1.54) is 4.90 Å². The number of amides is 3. The zero-order valence-electron chi connectivity index (χ0n) is 22.1. The molecule has 1 aromatic carbocycles. The molecule has 12 nitrogen and oxygen atoms in total. The van der Waals surface area contributed by atoms with Crippen LogP contribution in [0.1, 0.15) is 31.7 Å². The number of hydrogen-bond acceptors (Lipinski definition) is 9. The van der Waals surface area contributed by atoms with Crippen molar-refractivity contribution in [3.8, 4) is 5.69 Å². The highest BCUT2D eigenvalue weighted by Crippen LogP contribution is 2.39. The number of halogens is 1. The van der Waals surface area contributed by atoms with Gasteiger partial charge in [0, 0.05) is 41.8 Å². The first-order valence-corrected chi connectivity index (χ1v) is 13.9. The Hall–Kier alpha value is -3.97. The first-order chi connectivity index (χ1) is 19.3. The molecule has 0 radical (unpaired) electrons. The molecule has 0 spiro atoms. The standard InChI is InChI=1S/C27H28BrN9O3/c1-27(25(40)29-2)6-5-17(10-27)33-26-32-11-19-23(28)35-37(24(19)34-26)18-8-15-4-3-7-31-22(15)16(9-18)14-36-20(38)12-30-13-21(36)39/h3-4,7-9,11,17,30H,5-6,10,12-14H2,1-2H3,(H,29,40)(H,32,33,34)/t17-,27-/m1/s1. The monoisotopic (exact) mass is 605 g/mol. The van der Waals surface area contributed by atoms with Crippen LogP contribution in [0, 0.1) is 5.41 Å². The Labute approximate surface area is 238 Å². The third kappa shape index (κ3) is 4.68. The fourth-order valence-corrected chi connectivity index (χ4v) is 6.06. The average molecular weight is 606 g/mol. The zero-order chi connectivity index (χ0) is 28.0. The van der Waals surface area contributed by atoms with Crippen molar-refractivity contribution >= 4 is 61.5 Å². The van der Waals surface area contributed by atoms with Crippen molar-refractivity contribution in [3.63, 3.8) is 0 Å². The molecule has 3 amide bonds. The number of carbonyl (C=O) groups is 3. The van der Waals surface area contributed by atoms with Crippen molar-refractivity contribution in [2.75, 3.05) is 25.5 Å². The summed E-state index contributed by atoms with van der Waals surface area (Å²) < 4.78 is 2.30. The summed E-state index contributed by atoms with van der Waals surface area (Å²) in [6.07, 6.45) is 5.70. The van der Waals surface area contributed by atoms with Gasteiger partial charge < -0.3 is 10.6 Å². The number of rotatable bonds is 6. The lowest BCUT2D eigenvalue weighted by molar-refractivity contribution is -0.147. The predicted octanol–water partition coefficient (Wildman–Crippen LogP) is 2.30. The summed E-state index contributed by atoms with van der Waals surface area (Å²) in [7, 11) is 1.66. The minimum atomic E-state index is -0.427. The normalized spacial score (nSPS) is 21.4. The van der Waals surface area contributed by atoms with Crippen LogP contribution in [0.2, 0.25) is 0 Å². The van der Waals surface area contributed by atoms with Gasteiger partial charge in [-0.1, -0.05) is 13.0 Å². The van der Waals surface area contributed by atoms with Crippen molar-refractivity contribution in [2.24, 2.45) is 5.41 Å². The first kappa shape index (κ1) is 26.3. The number of nitrogens with one attached hydrogen (secondary N) is 3. The highest BCUT2D eigenvalue weighted by atomic mass is 79.9. The van der Waals surface area contributed by atoms with Crippen LogP contribution in [0.25, 0.3) is 27.6 Å². The van der Waals surface area contributed by atoms with Crippen molar-refractivity contribution in [1.29, 1.82) is 0 Å². The largest absolute Gasteiger partial charge is 0.359 e. The number of carbonyl (C=O) groups excluding carboxylic acids is 3. The minimum absolute atomic E-state index is 0.0426. The second-order valence-corrected chi connectivity index (χ2v) is 11.3. The number of nitrogens with zero attached hydrogens (tertiary/aromatic N) is 6. The van der Waals surface area contributed by atoms with E-state index in [2.05, 4.69) is 46.9 Å². The number of anilines is 1. The van der Waals surface area contributed by atoms with Gasteiger partial charge in [-0.25, -0.2) is 9.67 Å². The van der Waals surface area contributed by atoms with Crippen LogP contribution < -0.4 is 16.0 Å². The Kier molecular flexibility index (Phi) is 6.70. The fraction of sp³-hybridized carbons (Fsp3) is 0.370. The van der Waals surface area contributed by atoms with E-state index >= 15 is 0 Å². The Balaban J connectivity index is 1.37. The molecule has 1 aliphatic heterocycles. The molecule has 40 heavy (non-hydrogen) atoms. The van der Waals surface area contributed by atoms with Crippen molar-refractivity contribution in [2.45, 2.75) is 38.8 Å². The van der Waals surface area contributed by atoms with Gasteiger partial charge in [0.25, 0.3) is 0 Å². The molecule has 1 aliphatic carbocycles. The third-order valence-corrected chi connectivity index (χ3v) is 8.31. The molecular weight excluding hydrogens is 578 g/mol. The van der Waals surface area contributed by atoms with E-state index in [9.17, 15) is 14.4 Å². The van der Waals surface area contributed by atoms with Crippen LogP contribution in [0.3, 0.4) is 0 Å². The van der Waals surface area contributed by atoms with E-state index in [4.69, 9.17) is 4.98 Å². The van der Waals surface area contributed by atoms with Gasteiger partial charge in [0.15, 0.2) is 5.65 Å². The Morgan fingerprint density at radius 1 is 1.23 bits per heavy atom. The Bertz CT molecular complexity index is 1660. The quantitative estimate of drug-likeness (QED) is 0.282. The maximum atomic E-state index is 12.5. The number of hydrogen-bond donors (Lipinski definition) is 3. The molecule has 206 valence electrons. The van der Waals surface area contributed by atoms with E-state index in [0.29, 0.717) is 33.8 Å². The average Bonchev–Trinajstić information content (AvgIpc) is 3.49. The number of fused-ring (bicyclic) bond motifs is 2.